The lowest BCUT2D eigenvalue weighted by Crippen LogP contribution is -1.74. The molecule has 0 bridgehead atoms. The van der Waals surface area contributed by atoms with Gasteiger partial charge in [-0.3, -0.25) is 0 Å². The highest BCUT2D eigenvalue weighted by Crippen LogP contribution is 2.72. The molecule has 0 atom stereocenters. The van der Waals surface area contributed by atoms with Crippen LogP contribution in [-0.2, 0) is 9.13 Å². The predicted molar refractivity (Wildman–Crippen MR) is 38.9 cm³/mol. The molecule has 2 nitrogen and oxygen atoms in total. The lowest BCUT2D eigenvalue weighted by atomic mass is 11.9. The average Bonchev–Trinajstić information content (AvgIpc) is 1.25. The van der Waals surface area contributed by atoms with E-state index >= 15 is 0 Å². The van der Waals surface area contributed by atoms with Gasteiger partial charge < -0.3 is 9.13 Å². The maximum atomic E-state index is 11.0. The topological polar surface area (TPSA) is 34.1 Å². The van der Waals surface area contributed by atoms with Crippen molar-refractivity contribution in [3.8, 4) is 0 Å². The first-order valence-corrected chi connectivity index (χ1v) is 8.26. The second-order valence-corrected chi connectivity index (χ2v) is 13.5. The summed E-state index contributed by atoms with van der Waals surface area (Å²) in [6, 6.07) is 0. The first kappa shape index (κ1) is 8.46. The summed E-state index contributed by atoms with van der Waals surface area (Å²) in [7, 11) is 0. The Hall–Kier alpha value is 0.460. The van der Waals surface area contributed by atoms with Crippen LogP contribution in [0.4, 0.5) is 0 Å². The fourth-order valence-electron chi connectivity index (χ4n) is 0. The molecule has 0 aliphatic heterocycles. The van der Waals surface area contributed by atoms with Crippen LogP contribution in [0.25, 0.3) is 0 Å². The number of hydrogen-bond acceptors (Lipinski definition) is 2. The molecule has 0 heterocycles. The normalized spacial score (nSPS) is 14.0. The van der Waals surface area contributed by atoms with Crippen molar-refractivity contribution in [2.45, 2.75) is 0 Å². The van der Waals surface area contributed by atoms with Crippen molar-refractivity contribution in [2.75, 3.05) is 26.7 Å². The maximum absolute atomic E-state index is 11.0. The van der Waals surface area contributed by atoms with E-state index in [-0.39, 0.29) is 0 Å². The second kappa shape index (κ2) is 2.01. The molecule has 0 rings (SSSR count). The zero-order chi connectivity index (χ0) is 7.00. The third-order valence-corrected chi connectivity index (χ3v) is 10.4. The summed E-state index contributed by atoms with van der Waals surface area (Å²) in [6.07, 6.45) is 0. The van der Waals surface area contributed by atoms with Crippen LogP contribution in [0.5, 0.6) is 0 Å². The van der Waals surface area contributed by atoms with Crippen LogP contribution in [0.1, 0.15) is 0 Å². The van der Waals surface area contributed by atoms with Crippen molar-refractivity contribution in [3.05, 3.63) is 0 Å². The van der Waals surface area contributed by atoms with E-state index in [2.05, 4.69) is 0 Å². The van der Waals surface area contributed by atoms with Crippen LogP contribution in [0, 0.1) is 0 Å². The molecule has 0 aliphatic carbocycles. The fourth-order valence-corrected chi connectivity index (χ4v) is 0. The highest BCUT2D eigenvalue weighted by atomic mass is 32.1. The average molecular weight is 154 g/mol. The molecule has 0 fully saturated rings. The minimum absolute atomic E-state index is 1.56. The highest BCUT2D eigenvalue weighted by Gasteiger charge is 2.23. The SMILES string of the molecule is CP(C)(=O)P(C)(C)=O. The van der Waals surface area contributed by atoms with Crippen molar-refractivity contribution in [1.29, 1.82) is 0 Å². The van der Waals surface area contributed by atoms with Gasteiger partial charge in [-0.2, -0.15) is 0 Å². The zero-order valence-corrected chi connectivity index (χ0v) is 7.50. The summed E-state index contributed by atoms with van der Waals surface area (Å²) < 4.78 is 21.9. The van der Waals surface area contributed by atoms with Gasteiger partial charge in [-0.25, -0.2) is 0 Å². The van der Waals surface area contributed by atoms with Gasteiger partial charge in [-0.15, -0.1) is 0 Å². The molecule has 0 aliphatic rings. The molecule has 0 saturated heterocycles. The van der Waals surface area contributed by atoms with E-state index in [4.69, 9.17) is 0 Å². The third-order valence-electron chi connectivity index (χ3n) is 1.16. The fraction of sp³-hybridized carbons (Fsp3) is 1.00. The van der Waals surface area contributed by atoms with Crippen molar-refractivity contribution < 1.29 is 9.13 Å². The van der Waals surface area contributed by atoms with Gasteiger partial charge in [0.05, 0.1) is 0 Å². The molecule has 0 saturated carbocycles. The Morgan fingerprint density at radius 3 is 0.875 bits per heavy atom. The van der Waals surface area contributed by atoms with E-state index < -0.39 is 13.7 Å². The Morgan fingerprint density at radius 1 is 0.750 bits per heavy atom. The molecule has 0 unspecified atom stereocenters. The van der Waals surface area contributed by atoms with Crippen molar-refractivity contribution in [1.82, 2.24) is 0 Å². The van der Waals surface area contributed by atoms with Gasteiger partial charge in [-0.05, 0) is 26.7 Å². The van der Waals surface area contributed by atoms with Crippen LogP contribution in [0.2, 0.25) is 0 Å². The van der Waals surface area contributed by atoms with Crippen LogP contribution in [0.3, 0.4) is 0 Å². The molecule has 50 valence electrons. The highest BCUT2D eigenvalue weighted by molar-refractivity contribution is 8.34. The van der Waals surface area contributed by atoms with Crippen LogP contribution < -0.4 is 0 Å². The van der Waals surface area contributed by atoms with Gasteiger partial charge in [0.1, 0.15) is 13.7 Å². The van der Waals surface area contributed by atoms with Crippen LogP contribution >= 0.6 is 13.7 Å². The molecule has 0 spiro atoms. The minimum atomic E-state index is -2.29. The first-order valence-electron chi connectivity index (χ1n) is 2.35. The van der Waals surface area contributed by atoms with Gasteiger partial charge in [-0.1, -0.05) is 0 Å². The zero-order valence-electron chi connectivity index (χ0n) is 5.71. The smallest absolute Gasteiger partial charge is 0.137 e. The van der Waals surface area contributed by atoms with Crippen molar-refractivity contribution in [2.24, 2.45) is 0 Å². The second-order valence-electron chi connectivity index (χ2n) is 2.59. The maximum Gasteiger partial charge on any atom is 0.137 e. The van der Waals surface area contributed by atoms with E-state index in [0.717, 1.165) is 0 Å². The standard InChI is InChI=1S/C4H12O2P2/c1-7(2,5)8(3,4)6/h1-4H3. The van der Waals surface area contributed by atoms with Crippen molar-refractivity contribution in [3.63, 3.8) is 0 Å². The summed E-state index contributed by atoms with van der Waals surface area (Å²) in [4.78, 5) is 0. The lowest BCUT2D eigenvalue weighted by molar-refractivity contribution is 0.573. The monoisotopic (exact) mass is 154 g/mol. The minimum Gasteiger partial charge on any atom is -0.316 e. The molecule has 0 aromatic rings. The summed E-state index contributed by atoms with van der Waals surface area (Å²) in [5, 5.41) is 0. The first-order chi connectivity index (χ1) is 3.25. The largest absolute Gasteiger partial charge is 0.316 e. The van der Waals surface area contributed by atoms with Crippen LogP contribution in [0.15, 0.2) is 0 Å². The quantitative estimate of drug-likeness (QED) is 0.542. The van der Waals surface area contributed by atoms with E-state index in [1.807, 2.05) is 0 Å². The Kier molecular flexibility index (Phi) is 2.12. The molecular weight excluding hydrogens is 142 g/mol. The Balaban J connectivity index is 4.53. The van der Waals surface area contributed by atoms with Gasteiger partial charge in [0.25, 0.3) is 0 Å². The summed E-state index contributed by atoms with van der Waals surface area (Å²) in [5.41, 5.74) is 0. The number of hydrogen-bond donors (Lipinski definition) is 0. The van der Waals surface area contributed by atoms with E-state index in [0.29, 0.717) is 0 Å². The molecule has 0 N–H and O–H groups in total. The van der Waals surface area contributed by atoms with E-state index in [1.165, 1.54) is 0 Å². The van der Waals surface area contributed by atoms with Gasteiger partial charge in [0, 0.05) is 0 Å². The molecule has 4 heteroatoms. The Labute approximate surface area is 50.3 Å². The number of rotatable bonds is 1. The molecule has 0 radical (unpaired) electrons. The van der Waals surface area contributed by atoms with Gasteiger partial charge in [0.15, 0.2) is 0 Å². The summed E-state index contributed by atoms with van der Waals surface area (Å²) >= 11 is 0. The van der Waals surface area contributed by atoms with Crippen LogP contribution in [-0.4, -0.2) is 26.7 Å². The molecule has 0 aromatic carbocycles. The third kappa shape index (κ3) is 2.15. The predicted octanol–water partition coefficient (Wildman–Crippen LogP) is 2.15. The summed E-state index contributed by atoms with van der Waals surface area (Å²) in [6.45, 7) is 1.67. The van der Waals surface area contributed by atoms with Gasteiger partial charge in [0.2, 0.25) is 0 Å². The Morgan fingerprint density at radius 2 is 0.875 bits per heavy atom. The molecular formula is C4H12O2P2. The Bertz CT molecular complexity index is 141. The lowest BCUT2D eigenvalue weighted by Gasteiger charge is -2.10. The van der Waals surface area contributed by atoms with E-state index in [1.54, 1.807) is 26.7 Å². The van der Waals surface area contributed by atoms with Gasteiger partial charge >= 0.3 is 0 Å². The summed E-state index contributed by atoms with van der Waals surface area (Å²) in [5.74, 6) is 0. The van der Waals surface area contributed by atoms with Crippen molar-refractivity contribution >= 4 is 13.7 Å². The molecule has 0 amide bonds. The van der Waals surface area contributed by atoms with E-state index in [9.17, 15) is 9.13 Å². The molecule has 0 aromatic heterocycles. The molecule has 8 heavy (non-hydrogen) atoms.